The molecule has 1 saturated heterocycles. The van der Waals surface area contributed by atoms with E-state index in [1.54, 1.807) is 23.7 Å². The van der Waals surface area contributed by atoms with Gasteiger partial charge >= 0.3 is 6.03 Å². The third kappa shape index (κ3) is 4.47. The van der Waals surface area contributed by atoms with E-state index in [9.17, 15) is 4.79 Å². The molecule has 2 N–H and O–H groups in total. The molecule has 7 rings (SSSR count). The van der Waals surface area contributed by atoms with Gasteiger partial charge in [0.1, 0.15) is 0 Å². The summed E-state index contributed by atoms with van der Waals surface area (Å²) in [5, 5.41) is 12.8. The second-order valence-electron chi connectivity index (χ2n) is 10.4. The van der Waals surface area contributed by atoms with Crippen LogP contribution in [-0.2, 0) is 11.8 Å². The molecule has 197 valence electrons. The number of hydrogen-bond donors (Lipinski definition) is 2. The Morgan fingerprint density at radius 2 is 1.75 bits per heavy atom. The molecule has 2 aliphatic rings. The van der Waals surface area contributed by atoms with Gasteiger partial charge in [0.15, 0.2) is 0 Å². The standard InChI is InChI=1S/C33H28N5OS/c39-32-37-27-11-8-23(19-28(27)38-32)33(12-14-34-15-13-33)20-26-24(22-5-2-1-3-6-22)9-10-25(30-7-4-18-40-30)31(26)29-21-35-16-17-36-29/h1-11,16-19,21,34H,12-15,20H2,(H,37,39). The maximum Gasteiger partial charge on any atom is 0.346 e. The normalized spacial score (nSPS) is 15.8. The zero-order chi connectivity index (χ0) is 26.9. The number of carbonyl (C=O) groups is 1. The minimum absolute atomic E-state index is 0.143. The van der Waals surface area contributed by atoms with Gasteiger partial charge in [-0.3, -0.25) is 9.97 Å². The van der Waals surface area contributed by atoms with E-state index in [0.717, 1.165) is 55.0 Å². The van der Waals surface area contributed by atoms with Crippen LogP contribution in [0.5, 0.6) is 0 Å². The summed E-state index contributed by atoms with van der Waals surface area (Å²) in [4.78, 5) is 22.5. The number of carbonyl (C=O) groups excluding carboxylic acids is 1. The predicted molar refractivity (Wildman–Crippen MR) is 161 cm³/mol. The molecule has 0 aliphatic carbocycles. The highest BCUT2D eigenvalue weighted by Gasteiger charge is 2.37. The summed E-state index contributed by atoms with van der Waals surface area (Å²) in [6.45, 7) is 1.86. The molecule has 1 radical (unpaired) electrons. The molecule has 0 saturated carbocycles. The lowest BCUT2D eigenvalue weighted by atomic mass is 9.67. The van der Waals surface area contributed by atoms with Gasteiger partial charge in [0.05, 0.1) is 23.3 Å². The number of hydrogen-bond acceptors (Lipinski definition) is 5. The molecular formula is C33H28N5OS. The van der Waals surface area contributed by atoms with Crippen molar-refractivity contribution in [2.24, 2.45) is 0 Å². The SMILES string of the molecule is O=C1[N]c2cc(C3(Cc4c(-c5ccccc5)ccc(-c5cccs5)c4-c4cnccn4)CCNCC3)ccc2N1. The van der Waals surface area contributed by atoms with Gasteiger partial charge in [-0.2, -0.15) is 5.32 Å². The number of thiophene rings is 1. The molecule has 0 bridgehead atoms. The Balaban J connectivity index is 1.47. The smallest absolute Gasteiger partial charge is 0.317 e. The number of urea groups is 1. The van der Waals surface area contributed by atoms with Crippen molar-refractivity contribution in [3.05, 3.63) is 108 Å². The van der Waals surface area contributed by atoms with Crippen LogP contribution in [0.15, 0.2) is 96.8 Å². The minimum Gasteiger partial charge on any atom is -0.317 e. The van der Waals surface area contributed by atoms with Crippen molar-refractivity contribution in [3.8, 4) is 32.8 Å². The quantitative estimate of drug-likeness (QED) is 0.238. The zero-order valence-electron chi connectivity index (χ0n) is 21.9. The van der Waals surface area contributed by atoms with Gasteiger partial charge in [-0.1, -0.05) is 54.6 Å². The average molecular weight is 543 g/mol. The molecule has 6 nitrogen and oxygen atoms in total. The molecule has 5 aromatic rings. The Labute approximate surface area is 237 Å². The number of anilines is 1. The predicted octanol–water partition coefficient (Wildman–Crippen LogP) is 7.18. The summed E-state index contributed by atoms with van der Waals surface area (Å²) in [5.41, 5.74) is 9.44. The fraction of sp³-hybridized carbons (Fsp3) is 0.182. The number of nitrogens with one attached hydrogen (secondary N) is 2. The van der Waals surface area contributed by atoms with Gasteiger partial charge in [-0.05, 0) is 78.2 Å². The molecule has 0 spiro atoms. The monoisotopic (exact) mass is 542 g/mol. The van der Waals surface area contributed by atoms with Crippen molar-refractivity contribution in [2.45, 2.75) is 24.7 Å². The summed E-state index contributed by atoms with van der Waals surface area (Å²) in [6.07, 6.45) is 8.16. The van der Waals surface area contributed by atoms with Crippen LogP contribution >= 0.6 is 11.3 Å². The van der Waals surface area contributed by atoms with Gasteiger partial charge in [-0.25, -0.2) is 4.79 Å². The lowest BCUT2D eigenvalue weighted by Crippen LogP contribution is -2.41. The molecule has 3 aromatic carbocycles. The van der Waals surface area contributed by atoms with E-state index >= 15 is 0 Å². The highest BCUT2D eigenvalue weighted by molar-refractivity contribution is 7.13. The van der Waals surface area contributed by atoms with Crippen LogP contribution in [0.3, 0.4) is 0 Å². The number of benzene rings is 3. The summed E-state index contributed by atoms with van der Waals surface area (Å²) in [5.74, 6) is 0. The fourth-order valence-electron chi connectivity index (χ4n) is 6.20. The maximum absolute atomic E-state index is 12.0. The second kappa shape index (κ2) is 10.3. The molecule has 2 aliphatic heterocycles. The average Bonchev–Trinajstić information content (AvgIpc) is 3.67. The molecule has 4 heterocycles. The topological polar surface area (TPSA) is 81.0 Å². The summed E-state index contributed by atoms with van der Waals surface area (Å²) < 4.78 is 0. The van der Waals surface area contributed by atoms with Gasteiger partial charge in [0, 0.05) is 33.8 Å². The number of piperidine rings is 1. The van der Waals surface area contributed by atoms with Gasteiger partial charge in [0.25, 0.3) is 0 Å². The van der Waals surface area contributed by atoms with Crippen LogP contribution in [0.1, 0.15) is 24.0 Å². The lowest BCUT2D eigenvalue weighted by Gasteiger charge is -2.40. The van der Waals surface area contributed by atoms with Crippen LogP contribution in [-0.4, -0.2) is 29.1 Å². The highest BCUT2D eigenvalue weighted by atomic mass is 32.1. The molecule has 2 aromatic heterocycles. The highest BCUT2D eigenvalue weighted by Crippen LogP contribution is 2.47. The van der Waals surface area contributed by atoms with Crippen molar-refractivity contribution in [2.75, 3.05) is 18.4 Å². The van der Waals surface area contributed by atoms with E-state index in [2.05, 4.69) is 93.0 Å². The summed E-state index contributed by atoms with van der Waals surface area (Å²) >= 11 is 1.74. The van der Waals surface area contributed by atoms with Crippen LogP contribution < -0.4 is 16.0 Å². The van der Waals surface area contributed by atoms with E-state index < -0.39 is 0 Å². The third-order valence-electron chi connectivity index (χ3n) is 8.15. The number of aromatic nitrogens is 2. The van der Waals surface area contributed by atoms with Gasteiger partial charge in [0.2, 0.25) is 0 Å². The Kier molecular flexibility index (Phi) is 6.38. The largest absolute Gasteiger partial charge is 0.346 e. The lowest BCUT2D eigenvalue weighted by molar-refractivity contribution is 0.256. The molecule has 40 heavy (non-hydrogen) atoms. The second-order valence-corrected chi connectivity index (χ2v) is 11.4. The van der Waals surface area contributed by atoms with Crippen LogP contribution in [0, 0.1) is 0 Å². The first-order chi connectivity index (χ1) is 19.7. The Morgan fingerprint density at radius 1 is 0.900 bits per heavy atom. The summed E-state index contributed by atoms with van der Waals surface area (Å²) in [6, 6.07) is 25.4. The van der Waals surface area contributed by atoms with Crippen LogP contribution in [0.4, 0.5) is 16.2 Å². The van der Waals surface area contributed by atoms with E-state index in [1.807, 2.05) is 12.3 Å². The van der Waals surface area contributed by atoms with Gasteiger partial charge in [-0.15, -0.1) is 11.3 Å². The molecular weight excluding hydrogens is 514 g/mol. The Morgan fingerprint density at radius 3 is 2.52 bits per heavy atom. The zero-order valence-corrected chi connectivity index (χ0v) is 22.7. The fourth-order valence-corrected chi connectivity index (χ4v) is 6.96. The first-order valence-corrected chi connectivity index (χ1v) is 14.5. The van der Waals surface area contributed by atoms with Crippen molar-refractivity contribution in [1.82, 2.24) is 20.6 Å². The Hall–Kier alpha value is -4.33. The van der Waals surface area contributed by atoms with Crippen molar-refractivity contribution in [3.63, 3.8) is 0 Å². The van der Waals surface area contributed by atoms with Crippen molar-refractivity contribution >= 4 is 28.7 Å². The van der Waals surface area contributed by atoms with E-state index in [0.29, 0.717) is 0 Å². The van der Waals surface area contributed by atoms with E-state index in [4.69, 9.17) is 4.98 Å². The van der Waals surface area contributed by atoms with Gasteiger partial charge < -0.3 is 10.6 Å². The number of rotatable bonds is 6. The third-order valence-corrected chi connectivity index (χ3v) is 9.06. The van der Waals surface area contributed by atoms with Crippen LogP contribution in [0.25, 0.3) is 32.8 Å². The van der Waals surface area contributed by atoms with Crippen molar-refractivity contribution < 1.29 is 4.79 Å². The Bertz CT molecular complexity index is 1660. The molecule has 7 heteroatoms. The first-order valence-electron chi connectivity index (χ1n) is 13.6. The molecule has 2 amide bonds. The summed E-state index contributed by atoms with van der Waals surface area (Å²) in [7, 11) is 0. The maximum atomic E-state index is 12.0. The van der Waals surface area contributed by atoms with E-state index in [1.165, 1.54) is 32.7 Å². The van der Waals surface area contributed by atoms with E-state index in [-0.39, 0.29) is 11.4 Å². The molecule has 0 atom stereocenters. The number of amides is 2. The van der Waals surface area contributed by atoms with Crippen LogP contribution in [0.2, 0.25) is 0 Å². The minimum atomic E-state index is -0.300. The molecule has 1 fully saturated rings. The number of nitrogens with zero attached hydrogens (tertiary/aromatic N) is 3. The number of fused-ring (bicyclic) bond motifs is 1. The van der Waals surface area contributed by atoms with Crippen molar-refractivity contribution in [1.29, 1.82) is 0 Å². The first kappa shape index (κ1) is 24.7. The molecule has 0 unspecified atom stereocenters.